The number of rotatable bonds is 5. The summed E-state index contributed by atoms with van der Waals surface area (Å²) < 4.78 is 0. The van der Waals surface area contributed by atoms with Crippen LogP contribution in [0.1, 0.15) is 82.7 Å². The first-order valence-corrected chi connectivity index (χ1v) is 13.6. The molecule has 0 fully saturated rings. The summed E-state index contributed by atoms with van der Waals surface area (Å²) in [4.78, 5) is 34.1. The Morgan fingerprint density at radius 2 is 1.05 bits per heavy atom. The maximum absolute atomic E-state index is 12.5. The second-order valence-electron chi connectivity index (χ2n) is 11.6. The van der Waals surface area contributed by atoms with E-state index in [2.05, 4.69) is 45.1 Å². The van der Waals surface area contributed by atoms with Crippen molar-refractivity contribution < 1.29 is 24.6 Å². The molecule has 0 saturated heterocycles. The zero-order valence-corrected chi connectivity index (χ0v) is 23.8. The average molecular weight is 550 g/mol. The molecule has 0 aromatic heterocycles. The SMILES string of the molecule is CC1(C)CCC(C)(C)c2cc(NC(=O)c3ccc(C(=O)O)cc3)ccc21.O=C(O)c1ccc(-c2ccccc2)cc1. The maximum atomic E-state index is 12.5. The van der Waals surface area contributed by atoms with Crippen LogP contribution in [0.5, 0.6) is 0 Å². The number of aromatic carboxylic acids is 2. The molecule has 1 aliphatic rings. The Kier molecular flexibility index (Phi) is 8.43. The van der Waals surface area contributed by atoms with Gasteiger partial charge in [-0.05, 0) is 94.5 Å². The zero-order valence-electron chi connectivity index (χ0n) is 23.8. The molecule has 41 heavy (non-hydrogen) atoms. The van der Waals surface area contributed by atoms with Gasteiger partial charge < -0.3 is 15.5 Å². The first-order chi connectivity index (χ1) is 19.4. The van der Waals surface area contributed by atoms with Crippen molar-refractivity contribution in [2.45, 2.75) is 51.4 Å². The predicted molar refractivity (Wildman–Crippen MR) is 162 cm³/mol. The molecule has 4 aromatic carbocycles. The van der Waals surface area contributed by atoms with E-state index in [4.69, 9.17) is 10.2 Å². The number of nitrogens with one attached hydrogen (secondary N) is 1. The predicted octanol–water partition coefficient (Wildman–Crippen LogP) is 8.04. The second-order valence-corrected chi connectivity index (χ2v) is 11.6. The van der Waals surface area contributed by atoms with Gasteiger partial charge in [0, 0.05) is 11.3 Å². The van der Waals surface area contributed by atoms with E-state index in [0.29, 0.717) is 11.1 Å². The van der Waals surface area contributed by atoms with Gasteiger partial charge in [-0.25, -0.2) is 9.59 Å². The van der Waals surface area contributed by atoms with Gasteiger partial charge in [-0.3, -0.25) is 4.79 Å². The van der Waals surface area contributed by atoms with Gasteiger partial charge >= 0.3 is 11.9 Å². The maximum Gasteiger partial charge on any atom is 0.335 e. The standard InChI is InChI=1S/C22H25NO3.C13H10O2/c1-21(2)11-12-22(3,4)18-13-16(9-10-17(18)21)23-19(24)14-5-7-15(8-6-14)20(25)26;14-13(15)12-8-6-11(7-9-12)10-4-2-1-3-5-10/h5-10,13H,11-12H2,1-4H3,(H,23,24)(H,25,26);1-9H,(H,14,15). The molecule has 5 rings (SSSR count). The number of carboxylic acid groups (broad SMARTS) is 2. The number of hydrogen-bond acceptors (Lipinski definition) is 3. The number of amides is 1. The Balaban J connectivity index is 0.000000218. The summed E-state index contributed by atoms with van der Waals surface area (Å²) in [7, 11) is 0. The number of fused-ring (bicyclic) bond motifs is 1. The third-order valence-electron chi connectivity index (χ3n) is 7.74. The summed E-state index contributed by atoms with van der Waals surface area (Å²) in [5.74, 6) is -2.14. The highest BCUT2D eigenvalue weighted by atomic mass is 16.4. The van der Waals surface area contributed by atoms with Crippen molar-refractivity contribution in [1.82, 2.24) is 0 Å². The van der Waals surface area contributed by atoms with Crippen LogP contribution in [0.3, 0.4) is 0 Å². The topological polar surface area (TPSA) is 104 Å². The molecule has 0 bridgehead atoms. The van der Waals surface area contributed by atoms with Crippen LogP contribution in [0.15, 0.2) is 97.1 Å². The van der Waals surface area contributed by atoms with Crippen molar-refractivity contribution in [3.05, 3.63) is 125 Å². The Labute approximate surface area is 240 Å². The van der Waals surface area contributed by atoms with Crippen molar-refractivity contribution in [3.8, 4) is 11.1 Å². The normalized spacial score (nSPS) is 14.5. The fraction of sp³-hybridized carbons (Fsp3) is 0.229. The first kappa shape index (κ1) is 29.3. The van der Waals surface area contributed by atoms with Crippen LogP contribution < -0.4 is 5.32 Å². The van der Waals surface area contributed by atoms with Gasteiger partial charge in [-0.2, -0.15) is 0 Å². The highest BCUT2D eigenvalue weighted by Crippen LogP contribution is 2.46. The quantitative estimate of drug-likeness (QED) is 0.234. The van der Waals surface area contributed by atoms with Crippen LogP contribution in [0, 0.1) is 0 Å². The molecule has 0 atom stereocenters. The lowest BCUT2D eigenvalue weighted by Gasteiger charge is -2.42. The van der Waals surface area contributed by atoms with Gasteiger partial charge in [0.05, 0.1) is 11.1 Å². The number of carbonyl (C=O) groups excluding carboxylic acids is 1. The lowest BCUT2D eigenvalue weighted by Crippen LogP contribution is -2.33. The van der Waals surface area contributed by atoms with Crippen molar-refractivity contribution in [1.29, 1.82) is 0 Å². The zero-order chi connectivity index (χ0) is 29.8. The second kappa shape index (κ2) is 11.8. The van der Waals surface area contributed by atoms with Crippen LogP contribution in [0.25, 0.3) is 11.1 Å². The van der Waals surface area contributed by atoms with Crippen LogP contribution >= 0.6 is 0 Å². The van der Waals surface area contributed by atoms with Crippen molar-refractivity contribution >= 4 is 23.5 Å². The third kappa shape index (κ3) is 6.90. The highest BCUT2D eigenvalue weighted by molar-refractivity contribution is 6.04. The van der Waals surface area contributed by atoms with Crippen LogP contribution in [0.4, 0.5) is 5.69 Å². The van der Waals surface area contributed by atoms with Crippen LogP contribution in [0.2, 0.25) is 0 Å². The molecule has 4 aromatic rings. The summed E-state index contributed by atoms with van der Waals surface area (Å²) in [5.41, 5.74) is 6.65. The van der Waals surface area contributed by atoms with E-state index in [1.165, 1.54) is 35.4 Å². The minimum atomic E-state index is -1.00. The molecule has 1 aliphatic carbocycles. The minimum absolute atomic E-state index is 0.0781. The molecule has 6 nitrogen and oxygen atoms in total. The molecule has 0 heterocycles. The lowest BCUT2D eigenvalue weighted by molar-refractivity contribution is 0.0686. The van der Waals surface area contributed by atoms with E-state index in [1.54, 1.807) is 12.1 Å². The fourth-order valence-electron chi connectivity index (χ4n) is 5.07. The number of carbonyl (C=O) groups is 3. The van der Waals surface area contributed by atoms with Crippen molar-refractivity contribution in [3.63, 3.8) is 0 Å². The fourth-order valence-corrected chi connectivity index (χ4v) is 5.07. The van der Waals surface area contributed by atoms with Crippen molar-refractivity contribution in [2.75, 3.05) is 5.32 Å². The monoisotopic (exact) mass is 549 g/mol. The third-order valence-corrected chi connectivity index (χ3v) is 7.74. The summed E-state index contributed by atoms with van der Waals surface area (Å²) in [5, 5.41) is 20.6. The molecule has 3 N–H and O–H groups in total. The largest absolute Gasteiger partial charge is 0.478 e. The Morgan fingerprint density at radius 1 is 0.585 bits per heavy atom. The van der Waals surface area contributed by atoms with Gasteiger partial charge in [0.1, 0.15) is 0 Å². The first-order valence-electron chi connectivity index (χ1n) is 13.6. The average Bonchev–Trinajstić information content (AvgIpc) is 2.96. The molecular formula is C35H35NO5. The molecule has 0 saturated carbocycles. The van der Waals surface area contributed by atoms with Gasteiger partial charge in [0.2, 0.25) is 0 Å². The lowest BCUT2D eigenvalue weighted by atomic mass is 9.63. The van der Waals surface area contributed by atoms with Gasteiger partial charge in [0.15, 0.2) is 0 Å². The van der Waals surface area contributed by atoms with Gasteiger partial charge in [-0.1, -0.05) is 76.2 Å². The summed E-state index contributed by atoms with van der Waals surface area (Å²) >= 11 is 0. The molecular weight excluding hydrogens is 514 g/mol. The van der Waals surface area contributed by atoms with Gasteiger partial charge in [0.25, 0.3) is 5.91 Å². The highest BCUT2D eigenvalue weighted by Gasteiger charge is 2.37. The van der Waals surface area contributed by atoms with E-state index in [0.717, 1.165) is 29.7 Å². The van der Waals surface area contributed by atoms with E-state index in [-0.39, 0.29) is 22.3 Å². The number of anilines is 1. The molecule has 0 spiro atoms. The molecule has 6 heteroatoms. The van der Waals surface area contributed by atoms with E-state index in [9.17, 15) is 14.4 Å². The molecule has 210 valence electrons. The Morgan fingerprint density at radius 3 is 1.59 bits per heavy atom. The van der Waals surface area contributed by atoms with Crippen LogP contribution in [-0.4, -0.2) is 28.1 Å². The molecule has 0 aliphatic heterocycles. The summed E-state index contributed by atoms with van der Waals surface area (Å²) in [6, 6.07) is 28.8. The molecule has 0 unspecified atom stereocenters. The van der Waals surface area contributed by atoms with E-state index >= 15 is 0 Å². The number of carboxylic acids is 2. The number of hydrogen-bond donors (Lipinski definition) is 3. The van der Waals surface area contributed by atoms with Crippen LogP contribution in [-0.2, 0) is 10.8 Å². The Hall–Kier alpha value is -4.71. The summed E-state index contributed by atoms with van der Waals surface area (Å²) in [6.07, 6.45) is 2.26. The van der Waals surface area contributed by atoms with Crippen molar-refractivity contribution in [2.24, 2.45) is 0 Å². The van der Waals surface area contributed by atoms with Gasteiger partial charge in [-0.15, -0.1) is 0 Å². The van der Waals surface area contributed by atoms with E-state index < -0.39 is 11.9 Å². The van der Waals surface area contributed by atoms with E-state index in [1.807, 2.05) is 48.5 Å². The summed E-state index contributed by atoms with van der Waals surface area (Å²) in [6.45, 7) is 9.03. The smallest absolute Gasteiger partial charge is 0.335 e. The number of benzene rings is 4. The molecule has 1 amide bonds. The molecule has 0 radical (unpaired) electrons. The minimum Gasteiger partial charge on any atom is -0.478 e. The Bertz CT molecular complexity index is 1550.